The third-order valence-electron chi connectivity index (χ3n) is 2.17. The molecular weight excluding hydrogens is 152 g/mol. The van der Waals surface area contributed by atoms with Crippen LogP contribution in [0.2, 0.25) is 0 Å². The zero-order valence-electron chi connectivity index (χ0n) is 6.83. The monoisotopic (exact) mass is 164 g/mol. The highest BCUT2D eigenvalue weighted by atomic mass is 15.0. The van der Waals surface area contributed by atoms with E-state index in [2.05, 4.69) is 15.3 Å². The van der Waals surface area contributed by atoms with E-state index < -0.39 is 0 Å². The van der Waals surface area contributed by atoms with Crippen LogP contribution in [0, 0.1) is 0 Å². The minimum Gasteiger partial charge on any atom is -0.368 e. The summed E-state index contributed by atoms with van der Waals surface area (Å²) >= 11 is 0. The van der Waals surface area contributed by atoms with Crippen molar-refractivity contribution in [2.24, 2.45) is 0 Å². The zero-order chi connectivity index (χ0) is 8.39. The van der Waals surface area contributed by atoms with Crippen LogP contribution in [-0.4, -0.2) is 23.1 Å². The number of hydrogen-bond acceptors (Lipinski definition) is 4. The predicted molar refractivity (Wildman–Crippen MR) is 46.7 cm³/mol. The second kappa shape index (κ2) is 3.06. The van der Waals surface area contributed by atoms with Crippen LogP contribution < -0.4 is 11.1 Å². The van der Waals surface area contributed by atoms with Crippen molar-refractivity contribution in [2.45, 2.75) is 12.3 Å². The molecule has 12 heavy (non-hydrogen) atoms. The van der Waals surface area contributed by atoms with Gasteiger partial charge in [0.1, 0.15) is 0 Å². The molecule has 1 saturated heterocycles. The first kappa shape index (κ1) is 7.49. The van der Waals surface area contributed by atoms with Crippen LogP contribution in [0.5, 0.6) is 0 Å². The molecule has 1 aliphatic heterocycles. The Hall–Kier alpha value is -1.16. The highest BCUT2D eigenvalue weighted by molar-refractivity contribution is 5.20. The van der Waals surface area contributed by atoms with Crippen molar-refractivity contribution < 1.29 is 0 Å². The Kier molecular flexibility index (Phi) is 1.91. The number of nitrogen functional groups attached to an aromatic ring is 1. The number of aromatic nitrogens is 2. The van der Waals surface area contributed by atoms with E-state index in [1.54, 1.807) is 6.20 Å². The van der Waals surface area contributed by atoms with Gasteiger partial charge in [0, 0.05) is 18.7 Å². The molecule has 3 N–H and O–H groups in total. The van der Waals surface area contributed by atoms with Crippen molar-refractivity contribution in [2.75, 3.05) is 18.8 Å². The average molecular weight is 164 g/mol. The summed E-state index contributed by atoms with van der Waals surface area (Å²) < 4.78 is 0. The van der Waals surface area contributed by atoms with E-state index in [0.717, 1.165) is 25.2 Å². The lowest BCUT2D eigenvalue weighted by Crippen LogP contribution is -2.09. The molecule has 0 bridgehead atoms. The summed E-state index contributed by atoms with van der Waals surface area (Å²) in [6.07, 6.45) is 2.87. The average Bonchev–Trinajstić information content (AvgIpc) is 2.56. The molecule has 1 aromatic rings. The molecule has 0 radical (unpaired) electrons. The van der Waals surface area contributed by atoms with Crippen molar-refractivity contribution in [1.82, 2.24) is 15.3 Å². The fourth-order valence-electron chi connectivity index (χ4n) is 1.52. The first-order valence-corrected chi connectivity index (χ1v) is 4.15. The van der Waals surface area contributed by atoms with Gasteiger partial charge < -0.3 is 11.1 Å². The molecule has 4 nitrogen and oxygen atoms in total. The molecule has 1 aromatic heterocycles. The van der Waals surface area contributed by atoms with Gasteiger partial charge in [-0.15, -0.1) is 0 Å². The molecular formula is C8H12N4. The van der Waals surface area contributed by atoms with Gasteiger partial charge in [0.15, 0.2) is 0 Å². The highest BCUT2D eigenvalue weighted by Gasteiger charge is 2.17. The number of nitrogens with two attached hydrogens (primary N) is 1. The van der Waals surface area contributed by atoms with E-state index in [1.165, 1.54) is 0 Å². The molecule has 1 aliphatic rings. The molecule has 0 saturated carbocycles. The SMILES string of the molecule is Nc1nccc([C@@H]2CCNC2)n1. The molecule has 0 aliphatic carbocycles. The Balaban J connectivity index is 2.21. The van der Waals surface area contributed by atoms with Crippen LogP contribution in [0.15, 0.2) is 12.3 Å². The van der Waals surface area contributed by atoms with Crippen molar-refractivity contribution in [1.29, 1.82) is 0 Å². The molecule has 0 unspecified atom stereocenters. The fourth-order valence-corrected chi connectivity index (χ4v) is 1.52. The van der Waals surface area contributed by atoms with E-state index in [9.17, 15) is 0 Å². The van der Waals surface area contributed by atoms with Crippen molar-refractivity contribution in [3.05, 3.63) is 18.0 Å². The summed E-state index contributed by atoms with van der Waals surface area (Å²) in [4.78, 5) is 8.04. The molecule has 0 aromatic carbocycles. The largest absolute Gasteiger partial charge is 0.368 e. The summed E-state index contributed by atoms with van der Waals surface area (Å²) in [5.74, 6) is 0.898. The van der Waals surface area contributed by atoms with E-state index in [1.807, 2.05) is 6.07 Å². The van der Waals surface area contributed by atoms with Gasteiger partial charge in [-0.3, -0.25) is 0 Å². The maximum absolute atomic E-state index is 5.48. The summed E-state index contributed by atoms with van der Waals surface area (Å²) in [6, 6.07) is 1.94. The fraction of sp³-hybridized carbons (Fsp3) is 0.500. The second-order valence-corrected chi connectivity index (χ2v) is 3.03. The van der Waals surface area contributed by atoms with Crippen LogP contribution in [0.25, 0.3) is 0 Å². The number of rotatable bonds is 1. The molecule has 2 heterocycles. The van der Waals surface area contributed by atoms with Crippen molar-refractivity contribution in [3.8, 4) is 0 Å². The summed E-state index contributed by atoms with van der Waals surface area (Å²) in [5.41, 5.74) is 6.55. The Morgan fingerprint density at radius 3 is 3.17 bits per heavy atom. The third-order valence-corrected chi connectivity index (χ3v) is 2.17. The van der Waals surface area contributed by atoms with E-state index in [0.29, 0.717) is 11.9 Å². The minimum atomic E-state index is 0.374. The molecule has 0 amide bonds. The van der Waals surface area contributed by atoms with Gasteiger partial charge in [0.2, 0.25) is 5.95 Å². The summed E-state index contributed by atoms with van der Waals surface area (Å²) in [7, 11) is 0. The number of nitrogens with one attached hydrogen (secondary N) is 1. The molecule has 1 atom stereocenters. The van der Waals surface area contributed by atoms with Crippen LogP contribution in [-0.2, 0) is 0 Å². The first-order valence-electron chi connectivity index (χ1n) is 4.15. The van der Waals surface area contributed by atoms with Gasteiger partial charge in [-0.1, -0.05) is 0 Å². The zero-order valence-corrected chi connectivity index (χ0v) is 6.83. The lowest BCUT2D eigenvalue weighted by Gasteiger charge is -2.06. The van der Waals surface area contributed by atoms with Crippen LogP contribution in [0.1, 0.15) is 18.0 Å². The van der Waals surface area contributed by atoms with E-state index >= 15 is 0 Å². The Labute approximate surface area is 71.2 Å². The Morgan fingerprint density at radius 1 is 1.58 bits per heavy atom. The third kappa shape index (κ3) is 1.38. The Bertz CT molecular complexity index is 268. The van der Waals surface area contributed by atoms with Gasteiger partial charge in [-0.25, -0.2) is 9.97 Å². The summed E-state index contributed by atoms with van der Waals surface area (Å²) in [5, 5.41) is 3.29. The molecule has 0 spiro atoms. The minimum absolute atomic E-state index is 0.374. The standard InChI is InChI=1S/C8H12N4/c9-8-11-4-2-7(12-8)6-1-3-10-5-6/h2,4,6,10H,1,3,5H2,(H2,9,11,12)/t6-/m1/s1. The van der Waals surface area contributed by atoms with E-state index in [4.69, 9.17) is 5.73 Å². The maximum Gasteiger partial charge on any atom is 0.220 e. The second-order valence-electron chi connectivity index (χ2n) is 3.03. The lowest BCUT2D eigenvalue weighted by atomic mass is 10.1. The van der Waals surface area contributed by atoms with Gasteiger partial charge in [-0.2, -0.15) is 0 Å². The smallest absolute Gasteiger partial charge is 0.220 e. The maximum atomic E-state index is 5.48. The molecule has 2 rings (SSSR count). The number of anilines is 1. The summed E-state index contributed by atoms with van der Waals surface area (Å²) in [6.45, 7) is 2.09. The molecule has 4 heteroatoms. The van der Waals surface area contributed by atoms with Gasteiger partial charge >= 0.3 is 0 Å². The van der Waals surface area contributed by atoms with E-state index in [-0.39, 0.29) is 0 Å². The van der Waals surface area contributed by atoms with Crippen LogP contribution in [0.3, 0.4) is 0 Å². The predicted octanol–water partition coefficient (Wildman–Crippen LogP) is 0.136. The lowest BCUT2D eigenvalue weighted by molar-refractivity contribution is 0.733. The highest BCUT2D eigenvalue weighted by Crippen LogP contribution is 2.19. The number of nitrogens with zero attached hydrogens (tertiary/aromatic N) is 2. The Morgan fingerprint density at radius 2 is 2.50 bits per heavy atom. The quantitative estimate of drug-likeness (QED) is 0.619. The molecule has 1 fully saturated rings. The van der Waals surface area contributed by atoms with Crippen LogP contribution in [0.4, 0.5) is 5.95 Å². The van der Waals surface area contributed by atoms with Crippen molar-refractivity contribution >= 4 is 5.95 Å². The van der Waals surface area contributed by atoms with Crippen molar-refractivity contribution in [3.63, 3.8) is 0 Å². The topological polar surface area (TPSA) is 63.8 Å². The van der Waals surface area contributed by atoms with Gasteiger partial charge in [-0.05, 0) is 19.0 Å². The van der Waals surface area contributed by atoms with Crippen LogP contribution >= 0.6 is 0 Å². The van der Waals surface area contributed by atoms with Gasteiger partial charge in [0.05, 0.1) is 5.69 Å². The van der Waals surface area contributed by atoms with Gasteiger partial charge in [0.25, 0.3) is 0 Å². The molecule has 64 valence electrons. The normalized spacial score (nSPS) is 22.8. The first-order chi connectivity index (χ1) is 5.86. The number of hydrogen-bond donors (Lipinski definition) is 2.